The highest BCUT2D eigenvalue weighted by Gasteiger charge is 2.30. The van der Waals surface area contributed by atoms with E-state index in [0.717, 1.165) is 24.3 Å². The van der Waals surface area contributed by atoms with Gasteiger partial charge in [0.15, 0.2) is 0 Å². The van der Waals surface area contributed by atoms with Crippen molar-refractivity contribution in [2.45, 2.75) is 44.2 Å². The Labute approximate surface area is 113 Å². The summed E-state index contributed by atoms with van der Waals surface area (Å²) < 4.78 is 0. The van der Waals surface area contributed by atoms with Crippen molar-refractivity contribution in [1.29, 1.82) is 0 Å². The normalized spacial score (nSPS) is 24.8. The second-order valence-corrected chi connectivity index (χ2v) is 5.43. The lowest BCUT2D eigenvalue weighted by molar-refractivity contribution is -0.122. The third kappa shape index (κ3) is 3.03. The molecule has 0 unspecified atom stereocenters. The molecule has 0 spiro atoms. The predicted octanol–water partition coefficient (Wildman–Crippen LogP) is 2.44. The van der Waals surface area contributed by atoms with E-state index >= 15 is 0 Å². The monoisotopic (exact) mass is 266 g/mol. The quantitative estimate of drug-likeness (QED) is 0.883. The standard InChI is InChI=1S/C14H19ClN2O/c1-9(16)14(18)17-13-4-2-3-12(13)10-5-7-11(15)8-6-10/h5-9,12-13H,2-4,16H2,1H3,(H,17,18)/t9-,12+,13+/m0/s1. The van der Waals surface area contributed by atoms with Gasteiger partial charge in [0.25, 0.3) is 0 Å². The fourth-order valence-electron chi connectivity index (χ4n) is 2.56. The van der Waals surface area contributed by atoms with Crippen LogP contribution >= 0.6 is 11.6 Å². The zero-order chi connectivity index (χ0) is 13.1. The molecule has 1 aromatic rings. The first kappa shape index (κ1) is 13.4. The maximum atomic E-state index is 11.7. The van der Waals surface area contributed by atoms with Gasteiger partial charge in [-0.2, -0.15) is 0 Å². The highest BCUT2D eigenvalue weighted by molar-refractivity contribution is 6.30. The third-order valence-corrected chi connectivity index (χ3v) is 3.81. The van der Waals surface area contributed by atoms with Crippen molar-refractivity contribution in [3.63, 3.8) is 0 Å². The second-order valence-electron chi connectivity index (χ2n) is 4.99. The minimum absolute atomic E-state index is 0.0686. The highest BCUT2D eigenvalue weighted by Crippen LogP contribution is 2.35. The van der Waals surface area contributed by atoms with Gasteiger partial charge in [0.1, 0.15) is 0 Å². The molecule has 0 saturated heterocycles. The van der Waals surface area contributed by atoms with Gasteiger partial charge < -0.3 is 11.1 Å². The van der Waals surface area contributed by atoms with Crippen molar-refractivity contribution >= 4 is 17.5 Å². The van der Waals surface area contributed by atoms with Crippen molar-refractivity contribution < 1.29 is 4.79 Å². The molecule has 3 atom stereocenters. The Balaban J connectivity index is 2.07. The molecule has 1 aliphatic rings. The predicted molar refractivity (Wildman–Crippen MR) is 73.6 cm³/mol. The number of halogens is 1. The topological polar surface area (TPSA) is 55.1 Å². The van der Waals surface area contributed by atoms with Crippen LogP contribution in [-0.2, 0) is 4.79 Å². The Morgan fingerprint density at radius 3 is 2.67 bits per heavy atom. The third-order valence-electron chi connectivity index (χ3n) is 3.56. The number of rotatable bonds is 3. The van der Waals surface area contributed by atoms with Crippen molar-refractivity contribution in [3.8, 4) is 0 Å². The first-order chi connectivity index (χ1) is 8.58. The van der Waals surface area contributed by atoms with E-state index in [2.05, 4.69) is 5.32 Å². The van der Waals surface area contributed by atoms with Crippen LogP contribution in [0.25, 0.3) is 0 Å². The van der Waals surface area contributed by atoms with E-state index in [0.29, 0.717) is 5.92 Å². The molecular formula is C14H19ClN2O. The molecular weight excluding hydrogens is 248 g/mol. The minimum Gasteiger partial charge on any atom is -0.351 e. The van der Waals surface area contributed by atoms with Gasteiger partial charge in [-0.25, -0.2) is 0 Å². The molecule has 3 nitrogen and oxygen atoms in total. The first-order valence-corrected chi connectivity index (χ1v) is 6.77. The molecule has 1 aromatic carbocycles. The summed E-state index contributed by atoms with van der Waals surface area (Å²) in [7, 11) is 0. The van der Waals surface area contributed by atoms with E-state index in [1.807, 2.05) is 24.3 Å². The van der Waals surface area contributed by atoms with Crippen LogP contribution in [0, 0.1) is 0 Å². The van der Waals surface area contributed by atoms with Crippen molar-refractivity contribution in [2.24, 2.45) is 5.73 Å². The van der Waals surface area contributed by atoms with E-state index in [-0.39, 0.29) is 11.9 Å². The van der Waals surface area contributed by atoms with Crippen LogP contribution in [0.4, 0.5) is 0 Å². The molecule has 0 bridgehead atoms. The molecule has 0 aliphatic heterocycles. The van der Waals surface area contributed by atoms with Gasteiger partial charge >= 0.3 is 0 Å². The number of carbonyl (C=O) groups is 1. The Morgan fingerprint density at radius 1 is 1.39 bits per heavy atom. The summed E-state index contributed by atoms with van der Waals surface area (Å²) in [5.41, 5.74) is 6.83. The Kier molecular flexibility index (Phi) is 4.25. The molecule has 0 aromatic heterocycles. The number of nitrogens with two attached hydrogens (primary N) is 1. The molecule has 98 valence electrons. The van der Waals surface area contributed by atoms with Gasteiger partial charge in [-0.15, -0.1) is 0 Å². The van der Waals surface area contributed by atoms with Crippen LogP contribution in [-0.4, -0.2) is 18.0 Å². The van der Waals surface area contributed by atoms with Crippen molar-refractivity contribution in [1.82, 2.24) is 5.32 Å². The summed E-state index contributed by atoms with van der Waals surface area (Å²) in [5.74, 6) is 0.311. The fraction of sp³-hybridized carbons (Fsp3) is 0.500. The summed E-state index contributed by atoms with van der Waals surface area (Å²) in [6, 6.07) is 7.65. The molecule has 1 aliphatic carbocycles. The van der Waals surface area contributed by atoms with Crippen LogP contribution in [0.15, 0.2) is 24.3 Å². The number of nitrogens with one attached hydrogen (secondary N) is 1. The number of hydrogen-bond donors (Lipinski definition) is 2. The molecule has 18 heavy (non-hydrogen) atoms. The van der Waals surface area contributed by atoms with Crippen LogP contribution in [0.3, 0.4) is 0 Å². The lowest BCUT2D eigenvalue weighted by Gasteiger charge is -2.22. The van der Waals surface area contributed by atoms with E-state index in [4.69, 9.17) is 17.3 Å². The summed E-state index contributed by atoms with van der Waals surface area (Å²) in [6.45, 7) is 1.71. The molecule has 0 radical (unpaired) electrons. The van der Waals surface area contributed by atoms with Crippen LogP contribution in [0.1, 0.15) is 37.7 Å². The van der Waals surface area contributed by atoms with E-state index < -0.39 is 6.04 Å². The fourth-order valence-corrected chi connectivity index (χ4v) is 2.68. The molecule has 4 heteroatoms. The van der Waals surface area contributed by atoms with Crippen LogP contribution < -0.4 is 11.1 Å². The zero-order valence-electron chi connectivity index (χ0n) is 10.5. The lowest BCUT2D eigenvalue weighted by atomic mass is 9.94. The summed E-state index contributed by atoms with van der Waals surface area (Å²) >= 11 is 5.89. The summed E-state index contributed by atoms with van der Waals surface area (Å²) in [4.78, 5) is 11.7. The molecule has 0 heterocycles. The van der Waals surface area contributed by atoms with Gasteiger partial charge in [0, 0.05) is 17.0 Å². The van der Waals surface area contributed by atoms with Gasteiger partial charge in [-0.3, -0.25) is 4.79 Å². The van der Waals surface area contributed by atoms with E-state index in [9.17, 15) is 4.79 Å². The number of benzene rings is 1. The Hall–Kier alpha value is -1.06. The number of amides is 1. The maximum absolute atomic E-state index is 11.7. The van der Waals surface area contributed by atoms with E-state index in [1.165, 1.54) is 5.56 Å². The van der Waals surface area contributed by atoms with Crippen LogP contribution in [0.2, 0.25) is 5.02 Å². The second kappa shape index (κ2) is 5.72. The van der Waals surface area contributed by atoms with E-state index in [1.54, 1.807) is 6.92 Å². The smallest absolute Gasteiger partial charge is 0.236 e. The molecule has 2 rings (SSSR count). The minimum atomic E-state index is -0.448. The summed E-state index contributed by atoms with van der Waals surface area (Å²) in [5, 5.41) is 3.79. The first-order valence-electron chi connectivity index (χ1n) is 6.39. The van der Waals surface area contributed by atoms with Gasteiger partial charge in [-0.1, -0.05) is 30.2 Å². The Bertz CT molecular complexity index is 416. The van der Waals surface area contributed by atoms with Gasteiger partial charge in [0.2, 0.25) is 5.91 Å². The summed E-state index contributed by atoms with van der Waals surface area (Å²) in [6.07, 6.45) is 3.26. The number of hydrogen-bond acceptors (Lipinski definition) is 2. The SMILES string of the molecule is C[C@H](N)C(=O)N[C@@H]1CCC[C@@H]1c1ccc(Cl)cc1. The van der Waals surface area contributed by atoms with Crippen LogP contribution in [0.5, 0.6) is 0 Å². The Morgan fingerprint density at radius 2 is 2.06 bits per heavy atom. The van der Waals surface area contributed by atoms with Gasteiger partial charge in [0.05, 0.1) is 6.04 Å². The molecule has 1 fully saturated rings. The van der Waals surface area contributed by atoms with Gasteiger partial charge in [-0.05, 0) is 37.5 Å². The molecule has 1 saturated carbocycles. The number of carbonyl (C=O) groups excluding carboxylic acids is 1. The molecule has 3 N–H and O–H groups in total. The lowest BCUT2D eigenvalue weighted by Crippen LogP contribution is -2.44. The molecule has 1 amide bonds. The largest absolute Gasteiger partial charge is 0.351 e. The maximum Gasteiger partial charge on any atom is 0.236 e. The highest BCUT2D eigenvalue weighted by atomic mass is 35.5. The average molecular weight is 267 g/mol. The average Bonchev–Trinajstić information content (AvgIpc) is 2.78. The zero-order valence-corrected chi connectivity index (χ0v) is 11.3. The van der Waals surface area contributed by atoms with Crippen molar-refractivity contribution in [3.05, 3.63) is 34.9 Å². The van der Waals surface area contributed by atoms with Crippen molar-refractivity contribution in [2.75, 3.05) is 0 Å².